The summed E-state index contributed by atoms with van der Waals surface area (Å²) < 4.78 is 5.03. The van der Waals surface area contributed by atoms with Crippen molar-refractivity contribution in [1.82, 2.24) is 0 Å². The summed E-state index contributed by atoms with van der Waals surface area (Å²) in [6.07, 6.45) is 5.08. The number of benzene rings is 2. The number of phenolic OH excluding ortho intramolecular Hbond substituents is 3. The highest BCUT2D eigenvalue weighted by atomic mass is 16.5. The van der Waals surface area contributed by atoms with Gasteiger partial charge in [0, 0.05) is 5.56 Å². The molecule has 2 aromatic rings. The molecular formula is C21H22O5. The topological polar surface area (TPSA) is 87.0 Å². The summed E-state index contributed by atoms with van der Waals surface area (Å²) in [5.74, 6) is -0.357. The summed E-state index contributed by atoms with van der Waals surface area (Å²) in [4.78, 5) is 12.4. The molecule has 0 fully saturated rings. The number of ketones is 1. The van der Waals surface area contributed by atoms with Gasteiger partial charge in [-0.25, -0.2) is 0 Å². The predicted octanol–water partition coefficient (Wildman–Crippen LogP) is 4.22. The molecule has 5 heteroatoms. The molecule has 2 rings (SSSR count). The number of allylic oxidation sites excluding steroid dienone is 3. The number of ether oxygens (including phenoxy) is 1. The minimum Gasteiger partial charge on any atom is -0.508 e. The van der Waals surface area contributed by atoms with Crippen molar-refractivity contribution in [3.05, 3.63) is 64.7 Å². The molecule has 0 aliphatic carbocycles. The first-order valence-electron chi connectivity index (χ1n) is 8.10. The molecule has 26 heavy (non-hydrogen) atoms. The zero-order chi connectivity index (χ0) is 19.3. The maximum Gasteiger partial charge on any atom is 0.189 e. The van der Waals surface area contributed by atoms with E-state index in [-0.39, 0.29) is 22.8 Å². The molecule has 0 aliphatic heterocycles. The second kappa shape index (κ2) is 8.25. The SMILES string of the molecule is COc1cc(C=CC(=O)c2ccc(O)c(CC=C(C)C)c2O)ccc1O. The summed E-state index contributed by atoms with van der Waals surface area (Å²) in [5, 5.41) is 29.9. The van der Waals surface area contributed by atoms with Gasteiger partial charge in [0.2, 0.25) is 0 Å². The van der Waals surface area contributed by atoms with Gasteiger partial charge in [-0.15, -0.1) is 0 Å². The van der Waals surface area contributed by atoms with Crippen molar-refractivity contribution < 1.29 is 24.9 Å². The highest BCUT2D eigenvalue weighted by molar-refractivity contribution is 6.09. The van der Waals surface area contributed by atoms with Crippen LogP contribution >= 0.6 is 0 Å². The lowest BCUT2D eigenvalue weighted by Gasteiger charge is -2.09. The first-order valence-corrected chi connectivity index (χ1v) is 8.10. The number of phenols is 3. The van der Waals surface area contributed by atoms with E-state index in [0.29, 0.717) is 23.3 Å². The van der Waals surface area contributed by atoms with E-state index < -0.39 is 5.78 Å². The van der Waals surface area contributed by atoms with E-state index in [2.05, 4.69) is 0 Å². The molecule has 3 N–H and O–H groups in total. The van der Waals surface area contributed by atoms with Crippen molar-refractivity contribution in [1.29, 1.82) is 0 Å². The minimum atomic E-state index is -0.395. The largest absolute Gasteiger partial charge is 0.508 e. The van der Waals surface area contributed by atoms with Crippen molar-refractivity contribution >= 4 is 11.9 Å². The molecule has 0 aliphatic rings. The van der Waals surface area contributed by atoms with Crippen LogP contribution < -0.4 is 4.74 Å². The third-order valence-electron chi connectivity index (χ3n) is 3.87. The Kier molecular flexibility index (Phi) is 6.07. The summed E-state index contributed by atoms with van der Waals surface area (Å²) in [7, 11) is 1.44. The third-order valence-corrected chi connectivity index (χ3v) is 3.87. The Morgan fingerprint density at radius 1 is 1.08 bits per heavy atom. The predicted molar refractivity (Wildman–Crippen MR) is 101 cm³/mol. The van der Waals surface area contributed by atoms with Gasteiger partial charge >= 0.3 is 0 Å². The fourth-order valence-electron chi connectivity index (χ4n) is 2.39. The smallest absolute Gasteiger partial charge is 0.189 e. The lowest BCUT2D eigenvalue weighted by atomic mass is 10.0. The quantitative estimate of drug-likeness (QED) is 0.411. The lowest BCUT2D eigenvalue weighted by Crippen LogP contribution is -1.98. The fraction of sp³-hybridized carbons (Fsp3) is 0.190. The number of hydrogen-bond acceptors (Lipinski definition) is 5. The number of rotatable bonds is 6. The van der Waals surface area contributed by atoms with E-state index in [4.69, 9.17) is 4.74 Å². The maximum absolute atomic E-state index is 12.4. The van der Waals surface area contributed by atoms with Crippen LogP contribution in [0.4, 0.5) is 0 Å². The van der Waals surface area contributed by atoms with E-state index in [9.17, 15) is 20.1 Å². The Morgan fingerprint density at radius 3 is 2.42 bits per heavy atom. The molecule has 0 saturated heterocycles. The van der Waals surface area contributed by atoms with Gasteiger partial charge in [-0.05, 0) is 56.2 Å². The Bertz CT molecular complexity index is 874. The molecule has 136 valence electrons. The Hall–Kier alpha value is -3.21. The summed E-state index contributed by atoms with van der Waals surface area (Å²) >= 11 is 0. The number of methoxy groups -OCH3 is 1. The van der Waals surface area contributed by atoms with E-state index in [0.717, 1.165) is 5.57 Å². The van der Waals surface area contributed by atoms with Crippen LogP contribution in [-0.2, 0) is 6.42 Å². The van der Waals surface area contributed by atoms with Crippen LogP contribution in [0.5, 0.6) is 23.0 Å². The van der Waals surface area contributed by atoms with Gasteiger partial charge in [0.05, 0.1) is 12.7 Å². The van der Waals surface area contributed by atoms with Crippen LogP contribution in [0.1, 0.15) is 35.3 Å². The molecule has 5 nitrogen and oxygen atoms in total. The molecule has 0 heterocycles. The Labute approximate surface area is 152 Å². The van der Waals surface area contributed by atoms with Crippen LogP contribution in [-0.4, -0.2) is 28.2 Å². The van der Waals surface area contributed by atoms with Gasteiger partial charge < -0.3 is 20.1 Å². The normalized spacial score (nSPS) is 10.7. The van der Waals surface area contributed by atoms with Crippen molar-refractivity contribution in [3.8, 4) is 23.0 Å². The van der Waals surface area contributed by atoms with Gasteiger partial charge in [-0.1, -0.05) is 23.8 Å². The number of aromatic hydroxyl groups is 3. The molecule has 0 bridgehead atoms. The summed E-state index contributed by atoms with van der Waals surface area (Å²) in [6, 6.07) is 7.49. The van der Waals surface area contributed by atoms with Gasteiger partial charge in [-0.3, -0.25) is 4.79 Å². The molecule has 0 spiro atoms. The first kappa shape index (κ1) is 19.1. The van der Waals surface area contributed by atoms with Gasteiger partial charge in [0.25, 0.3) is 0 Å². The zero-order valence-electron chi connectivity index (χ0n) is 15.0. The van der Waals surface area contributed by atoms with E-state index in [1.54, 1.807) is 18.2 Å². The summed E-state index contributed by atoms with van der Waals surface area (Å²) in [6.45, 7) is 3.83. The van der Waals surface area contributed by atoms with E-state index >= 15 is 0 Å². The zero-order valence-corrected chi connectivity index (χ0v) is 15.0. The highest BCUT2D eigenvalue weighted by Crippen LogP contribution is 2.32. The van der Waals surface area contributed by atoms with Gasteiger partial charge in [0.1, 0.15) is 11.5 Å². The summed E-state index contributed by atoms with van der Waals surface area (Å²) in [5.41, 5.74) is 2.14. The molecule has 0 saturated carbocycles. The van der Waals surface area contributed by atoms with Crippen LogP contribution in [0.2, 0.25) is 0 Å². The number of carbonyl (C=O) groups excluding carboxylic acids is 1. The number of carbonyl (C=O) groups is 1. The minimum absolute atomic E-state index is 0.0102. The van der Waals surface area contributed by atoms with E-state index in [1.165, 1.54) is 31.4 Å². The van der Waals surface area contributed by atoms with Crippen LogP contribution in [0, 0.1) is 0 Å². The van der Waals surface area contributed by atoms with Gasteiger partial charge in [0.15, 0.2) is 17.3 Å². The second-order valence-electron chi connectivity index (χ2n) is 6.07. The van der Waals surface area contributed by atoms with Crippen LogP contribution in [0.25, 0.3) is 6.08 Å². The molecule has 0 unspecified atom stereocenters. The van der Waals surface area contributed by atoms with Crippen molar-refractivity contribution in [3.63, 3.8) is 0 Å². The fourth-order valence-corrected chi connectivity index (χ4v) is 2.39. The molecular weight excluding hydrogens is 332 g/mol. The molecule has 0 radical (unpaired) electrons. The first-order chi connectivity index (χ1) is 12.3. The maximum atomic E-state index is 12.4. The molecule has 0 aromatic heterocycles. The molecule has 0 amide bonds. The van der Waals surface area contributed by atoms with Crippen molar-refractivity contribution in [2.45, 2.75) is 20.3 Å². The third kappa shape index (κ3) is 4.45. The average Bonchev–Trinajstić information content (AvgIpc) is 2.60. The standard InChI is InChI=1S/C21H22O5/c1-13(2)4-7-15-18(23)11-8-16(21(15)25)17(22)9-5-14-6-10-19(24)20(12-14)26-3/h4-6,8-12,23-25H,7H2,1-3H3. The van der Waals surface area contributed by atoms with Crippen LogP contribution in [0.15, 0.2) is 48.1 Å². The van der Waals surface area contributed by atoms with Crippen molar-refractivity contribution in [2.24, 2.45) is 0 Å². The highest BCUT2D eigenvalue weighted by Gasteiger charge is 2.15. The van der Waals surface area contributed by atoms with E-state index in [1.807, 2.05) is 19.9 Å². The number of hydrogen-bond donors (Lipinski definition) is 3. The molecule has 2 aromatic carbocycles. The van der Waals surface area contributed by atoms with Crippen LogP contribution in [0.3, 0.4) is 0 Å². The second-order valence-corrected chi connectivity index (χ2v) is 6.07. The lowest BCUT2D eigenvalue weighted by molar-refractivity contribution is 0.104. The Balaban J connectivity index is 2.29. The average molecular weight is 354 g/mol. The Morgan fingerprint density at radius 2 is 1.77 bits per heavy atom. The monoisotopic (exact) mass is 354 g/mol. The molecule has 0 atom stereocenters. The van der Waals surface area contributed by atoms with Crippen molar-refractivity contribution in [2.75, 3.05) is 7.11 Å². The van der Waals surface area contributed by atoms with Gasteiger partial charge in [-0.2, -0.15) is 0 Å².